The van der Waals surface area contributed by atoms with Gasteiger partial charge in [0, 0.05) is 16.8 Å². The molecule has 0 aromatic carbocycles. The zero-order valence-corrected chi connectivity index (χ0v) is 14.9. The molecule has 0 amide bonds. The van der Waals surface area contributed by atoms with Crippen LogP contribution in [0.1, 0.15) is 65.6 Å². The molecule has 0 N–H and O–H groups in total. The third kappa shape index (κ3) is 3.08. The third-order valence-corrected chi connectivity index (χ3v) is 5.53. The van der Waals surface area contributed by atoms with Crippen LogP contribution in [0.25, 0.3) is 0 Å². The maximum absolute atomic E-state index is 6.74. The molecule has 2 rings (SSSR count). The molecular weight excluding hydrogens is 284 g/mol. The normalized spacial score (nSPS) is 27.1. The summed E-state index contributed by atoms with van der Waals surface area (Å²) in [6, 6.07) is 0.319. The Labute approximate surface area is 134 Å². The van der Waals surface area contributed by atoms with E-state index in [1.54, 1.807) is 7.11 Å². The standard InChI is InChI=1S/C17H29ClN2O/c1-11(2)20-16(15(21-6)10-19-20)17(4,5)13-8-7-12(3)9-14(13)18/h10-14H,7-9H2,1-6H3. The van der Waals surface area contributed by atoms with E-state index in [4.69, 9.17) is 16.3 Å². The monoisotopic (exact) mass is 312 g/mol. The highest BCUT2D eigenvalue weighted by atomic mass is 35.5. The molecule has 3 nitrogen and oxygen atoms in total. The highest BCUT2D eigenvalue weighted by Crippen LogP contribution is 2.47. The molecule has 1 heterocycles. The van der Waals surface area contributed by atoms with E-state index in [1.165, 1.54) is 18.5 Å². The molecule has 1 saturated carbocycles. The summed E-state index contributed by atoms with van der Waals surface area (Å²) >= 11 is 6.74. The quantitative estimate of drug-likeness (QED) is 0.747. The second-order valence-electron chi connectivity index (χ2n) is 7.36. The molecule has 3 atom stereocenters. The lowest BCUT2D eigenvalue weighted by molar-refractivity contribution is 0.192. The molecule has 3 unspecified atom stereocenters. The van der Waals surface area contributed by atoms with Crippen LogP contribution in [0.15, 0.2) is 6.20 Å². The van der Waals surface area contributed by atoms with Crippen LogP contribution in [0.3, 0.4) is 0 Å². The zero-order valence-electron chi connectivity index (χ0n) is 14.2. The van der Waals surface area contributed by atoms with Crippen molar-refractivity contribution in [3.8, 4) is 5.75 Å². The topological polar surface area (TPSA) is 27.1 Å². The first-order chi connectivity index (χ1) is 9.78. The van der Waals surface area contributed by atoms with E-state index in [1.807, 2.05) is 6.20 Å². The zero-order chi connectivity index (χ0) is 15.8. The predicted octanol–water partition coefficient (Wildman–Crippen LogP) is 4.79. The van der Waals surface area contributed by atoms with E-state index in [9.17, 15) is 0 Å². The first kappa shape index (κ1) is 16.7. The van der Waals surface area contributed by atoms with Gasteiger partial charge < -0.3 is 4.74 Å². The van der Waals surface area contributed by atoms with Crippen LogP contribution in [0.5, 0.6) is 5.75 Å². The van der Waals surface area contributed by atoms with Crippen molar-refractivity contribution in [3.63, 3.8) is 0 Å². The Morgan fingerprint density at radius 3 is 2.57 bits per heavy atom. The summed E-state index contributed by atoms with van der Waals surface area (Å²) in [4.78, 5) is 0. The second kappa shape index (κ2) is 6.20. The average molecular weight is 313 g/mol. The fraction of sp³-hybridized carbons (Fsp3) is 0.824. The van der Waals surface area contributed by atoms with E-state index in [2.05, 4.69) is 44.4 Å². The first-order valence-corrected chi connectivity index (χ1v) is 8.48. The van der Waals surface area contributed by atoms with Gasteiger partial charge >= 0.3 is 0 Å². The predicted molar refractivity (Wildman–Crippen MR) is 88.3 cm³/mol. The number of aromatic nitrogens is 2. The SMILES string of the molecule is COc1cnn(C(C)C)c1C(C)(C)C1CCC(C)CC1Cl. The highest BCUT2D eigenvalue weighted by molar-refractivity contribution is 6.20. The smallest absolute Gasteiger partial charge is 0.160 e. The van der Waals surface area contributed by atoms with Gasteiger partial charge in [-0.05, 0) is 38.5 Å². The van der Waals surface area contributed by atoms with Gasteiger partial charge in [-0.1, -0.05) is 27.2 Å². The number of ether oxygens (including phenoxy) is 1. The van der Waals surface area contributed by atoms with E-state index >= 15 is 0 Å². The minimum atomic E-state index is -0.0430. The third-order valence-electron chi connectivity index (χ3n) is 5.04. The Morgan fingerprint density at radius 2 is 2.05 bits per heavy atom. The number of methoxy groups -OCH3 is 1. The summed E-state index contributed by atoms with van der Waals surface area (Å²) in [6.45, 7) is 11.2. The van der Waals surface area contributed by atoms with Gasteiger partial charge in [0.1, 0.15) is 0 Å². The van der Waals surface area contributed by atoms with Crippen molar-refractivity contribution in [1.82, 2.24) is 9.78 Å². The van der Waals surface area contributed by atoms with Crippen LogP contribution < -0.4 is 4.74 Å². The summed E-state index contributed by atoms with van der Waals surface area (Å²) < 4.78 is 7.68. The van der Waals surface area contributed by atoms with Crippen molar-refractivity contribution >= 4 is 11.6 Å². The fourth-order valence-electron chi connectivity index (χ4n) is 3.80. The molecule has 1 aromatic heterocycles. The van der Waals surface area contributed by atoms with Gasteiger partial charge in [0.15, 0.2) is 5.75 Å². The summed E-state index contributed by atoms with van der Waals surface area (Å²) in [5.74, 6) is 2.08. The van der Waals surface area contributed by atoms with Gasteiger partial charge in [0.05, 0.1) is 19.0 Å². The Kier molecular flexibility index (Phi) is 4.92. The fourth-order valence-corrected chi connectivity index (χ4v) is 4.55. The molecule has 1 fully saturated rings. The van der Waals surface area contributed by atoms with E-state index in [0.717, 1.165) is 18.1 Å². The Balaban J connectivity index is 2.41. The Hall–Kier alpha value is -0.700. The lowest BCUT2D eigenvalue weighted by atomic mass is 9.67. The summed E-state index contributed by atoms with van der Waals surface area (Å²) in [6.07, 6.45) is 5.38. The molecule has 21 heavy (non-hydrogen) atoms. The molecule has 0 saturated heterocycles. The van der Waals surface area contributed by atoms with Crippen LogP contribution >= 0.6 is 11.6 Å². The molecule has 4 heteroatoms. The minimum Gasteiger partial charge on any atom is -0.493 e. The molecule has 0 bridgehead atoms. The van der Waals surface area contributed by atoms with Crippen LogP contribution in [-0.4, -0.2) is 22.3 Å². The van der Waals surface area contributed by atoms with Gasteiger partial charge in [-0.25, -0.2) is 0 Å². The summed E-state index contributed by atoms with van der Waals surface area (Å²) in [5.41, 5.74) is 1.14. The number of hydrogen-bond donors (Lipinski definition) is 0. The van der Waals surface area contributed by atoms with Gasteiger partial charge in [0.2, 0.25) is 0 Å². The van der Waals surface area contributed by atoms with Crippen molar-refractivity contribution in [2.45, 2.75) is 70.7 Å². The van der Waals surface area contributed by atoms with Crippen LogP contribution in [0.4, 0.5) is 0 Å². The maximum Gasteiger partial charge on any atom is 0.160 e. The van der Waals surface area contributed by atoms with Crippen LogP contribution in [0.2, 0.25) is 0 Å². The summed E-state index contributed by atoms with van der Waals surface area (Å²) in [5, 5.41) is 4.76. The largest absolute Gasteiger partial charge is 0.493 e. The molecular formula is C17H29ClN2O. The lowest BCUT2D eigenvalue weighted by Crippen LogP contribution is -2.40. The van der Waals surface area contributed by atoms with E-state index < -0.39 is 0 Å². The maximum atomic E-state index is 6.74. The number of hydrogen-bond acceptors (Lipinski definition) is 2. The van der Waals surface area contributed by atoms with Gasteiger partial charge in [-0.15, -0.1) is 11.6 Å². The molecule has 0 spiro atoms. The van der Waals surface area contributed by atoms with Crippen molar-refractivity contribution in [3.05, 3.63) is 11.9 Å². The number of alkyl halides is 1. The molecule has 120 valence electrons. The summed E-state index contributed by atoms with van der Waals surface area (Å²) in [7, 11) is 1.72. The van der Waals surface area contributed by atoms with Crippen LogP contribution in [0, 0.1) is 11.8 Å². The first-order valence-electron chi connectivity index (χ1n) is 8.05. The Bertz CT molecular complexity index is 481. The van der Waals surface area contributed by atoms with Gasteiger partial charge in [0.25, 0.3) is 0 Å². The van der Waals surface area contributed by atoms with Crippen molar-refractivity contribution in [2.75, 3.05) is 7.11 Å². The van der Waals surface area contributed by atoms with Gasteiger partial charge in [-0.3, -0.25) is 4.68 Å². The molecule has 0 aliphatic heterocycles. The van der Waals surface area contributed by atoms with Crippen molar-refractivity contribution < 1.29 is 4.74 Å². The molecule has 1 aliphatic rings. The minimum absolute atomic E-state index is 0.0430. The van der Waals surface area contributed by atoms with E-state index in [0.29, 0.717) is 12.0 Å². The lowest BCUT2D eigenvalue weighted by Gasteiger charge is -2.42. The van der Waals surface area contributed by atoms with Crippen molar-refractivity contribution in [2.24, 2.45) is 11.8 Å². The van der Waals surface area contributed by atoms with E-state index in [-0.39, 0.29) is 10.8 Å². The molecule has 0 radical (unpaired) electrons. The van der Waals surface area contributed by atoms with Gasteiger partial charge in [-0.2, -0.15) is 5.10 Å². The average Bonchev–Trinajstić information content (AvgIpc) is 2.82. The highest BCUT2D eigenvalue weighted by Gasteiger charge is 2.43. The number of rotatable bonds is 4. The van der Waals surface area contributed by atoms with Crippen molar-refractivity contribution in [1.29, 1.82) is 0 Å². The molecule has 1 aliphatic carbocycles. The van der Waals surface area contributed by atoms with Crippen LogP contribution in [-0.2, 0) is 5.41 Å². The molecule has 1 aromatic rings. The number of halogens is 1. The Morgan fingerprint density at radius 1 is 1.38 bits per heavy atom. The number of nitrogens with zero attached hydrogens (tertiary/aromatic N) is 2. The second-order valence-corrected chi connectivity index (χ2v) is 7.92.